The van der Waals surface area contributed by atoms with Gasteiger partial charge in [-0.25, -0.2) is 23.4 Å². The quantitative estimate of drug-likeness (QED) is 0.285. The van der Waals surface area contributed by atoms with Crippen LogP contribution in [0.15, 0.2) is 84.4 Å². The van der Waals surface area contributed by atoms with Gasteiger partial charge < -0.3 is 20.6 Å². The third-order valence-electron chi connectivity index (χ3n) is 8.05. The zero-order chi connectivity index (χ0) is 29.4. The Labute approximate surface area is 240 Å². The minimum atomic E-state index is -1.99. The van der Waals surface area contributed by atoms with E-state index in [9.17, 15) is 14.3 Å². The highest BCUT2D eigenvalue weighted by Crippen LogP contribution is 2.36. The first kappa shape index (κ1) is 27.3. The lowest BCUT2D eigenvalue weighted by Crippen LogP contribution is -2.46. The Kier molecular flexibility index (Phi) is 7.07. The number of hydrogen-bond donors (Lipinski definition) is 2. The van der Waals surface area contributed by atoms with E-state index in [2.05, 4.69) is 24.9 Å². The summed E-state index contributed by atoms with van der Waals surface area (Å²) >= 11 is 0. The zero-order valence-electron chi connectivity index (χ0n) is 22.9. The summed E-state index contributed by atoms with van der Waals surface area (Å²) < 4.78 is 31.3. The molecule has 12 heteroatoms. The monoisotopic (exact) mass is 572 g/mol. The van der Waals surface area contributed by atoms with Crippen LogP contribution in [0.3, 0.4) is 0 Å². The molecule has 6 rings (SSSR count). The van der Waals surface area contributed by atoms with E-state index >= 15 is 4.39 Å². The summed E-state index contributed by atoms with van der Waals surface area (Å²) in [6.45, 7) is 4.61. The largest absolute Gasteiger partial charge is 0.399 e. The first-order valence-corrected chi connectivity index (χ1v) is 13.6. The summed E-state index contributed by atoms with van der Waals surface area (Å²) in [7, 11) is 0. The summed E-state index contributed by atoms with van der Waals surface area (Å²) in [6.07, 6.45) is 4.01. The number of anilines is 3. The van der Waals surface area contributed by atoms with E-state index in [1.165, 1.54) is 34.3 Å². The Hall–Kier alpha value is -4.84. The molecule has 3 aromatic carbocycles. The third-order valence-corrected chi connectivity index (χ3v) is 8.05. The van der Waals surface area contributed by atoms with E-state index in [1.54, 1.807) is 13.0 Å². The molecule has 1 aliphatic rings. The predicted octanol–water partition coefficient (Wildman–Crippen LogP) is 3.32. The van der Waals surface area contributed by atoms with Gasteiger partial charge in [0.2, 0.25) is 0 Å². The van der Waals surface area contributed by atoms with Gasteiger partial charge in [-0.3, -0.25) is 9.36 Å². The van der Waals surface area contributed by atoms with Crippen molar-refractivity contribution in [3.05, 3.63) is 107 Å². The van der Waals surface area contributed by atoms with Crippen molar-refractivity contribution in [3.63, 3.8) is 0 Å². The number of piperazine rings is 1. The molecule has 0 spiro atoms. The number of nitrogen functional groups attached to an aromatic ring is 1. The average Bonchev–Trinajstić information content (AvgIpc) is 3.50. The van der Waals surface area contributed by atoms with Crippen LogP contribution in [0.2, 0.25) is 0 Å². The summed E-state index contributed by atoms with van der Waals surface area (Å²) in [5.74, 6) is -1.72. The van der Waals surface area contributed by atoms with Crippen molar-refractivity contribution in [1.82, 2.24) is 24.3 Å². The highest BCUT2D eigenvalue weighted by molar-refractivity contribution is 5.81. The summed E-state index contributed by atoms with van der Waals surface area (Å²) in [6, 6.07) is 15.3. The topological polar surface area (TPSA) is 118 Å². The number of nitrogens with zero attached hydrogens (tertiary/aromatic N) is 7. The van der Waals surface area contributed by atoms with Gasteiger partial charge in [-0.05, 0) is 55.5 Å². The van der Waals surface area contributed by atoms with Crippen LogP contribution in [0, 0.1) is 11.6 Å². The lowest BCUT2D eigenvalue weighted by molar-refractivity contribution is -0.0343. The van der Waals surface area contributed by atoms with E-state index in [-0.39, 0.29) is 12.1 Å². The maximum atomic E-state index is 15.0. The van der Waals surface area contributed by atoms with Crippen molar-refractivity contribution in [2.24, 2.45) is 0 Å². The molecule has 2 aromatic heterocycles. The van der Waals surface area contributed by atoms with Gasteiger partial charge in [0.05, 0.1) is 29.8 Å². The minimum Gasteiger partial charge on any atom is -0.399 e. The first-order valence-electron chi connectivity index (χ1n) is 13.6. The molecule has 1 fully saturated rings. The molecule has 0 saturated carbocycles. The van der Waals surface area contributed by atoms with E-state index < -0.39 is 28.8 Å². The number of rotatable bonds is 7. The number of aromatic nitrogens is 5. The Morgan fingerprint density at radius 2 is 1.64 bits per heavy atom. The molecule has 0 radical (unpaired) electrons. The smallest absolute Gasteiger partial charge is 0.261 e. The molecule has 216 valence electrons. The number of fused-ring (bicyclic) bond motifs is 1. The fourth-order valence-electron chi connectivity index (χ4n) is 5.58. The van der Waals surface area contributed by atoms with Gasteiger partial charge in [-0.2, -0.15) is 5.10 Å². The standard InChI is InChI=1S/C30H30F2N8O2/c1-20(30(42,16-39-18-34-17-36-39)26-9-2-21(31)14-27(26)32)40-19-35-28-15-24(7-8-25(28)29(40)41)38-12-10-37(11-13-38)23-5-3-22(33)4-6-23/h2-9,14-15,17-20,42H,10-13,16,33H2,1H3/t20-,30-/m1/s1. The van der Waals surface area contributed by atoms with Gasteiger partial charge in [0, 0.05) is 54.9 Å². The molecule has 3 heterocycles. The van der Waals surface area contributed by atoms with Gasteiger partial charge in [0.15, 0.2) is 0 Å². The van der Waals surface area contributed by atoms with Crippen LogP contribution in [0.5, 0.6) is 0 Å². The van der Waals surface area contributed by atoms with Crippen molar-refractivity contribution in [3.8, 4) is 0 Å². The number of hydrogen-bond acceptors (Lipinski definition) is 8. The van der Waals surface area contributed by atoms with Crippen LogP contribution >= 0.6 is 0 Å². The number of halogens is 2. The van der Waals surface area contributed by atoms with E-state index in [0.717, 1.165) is 49.3 Å². The lowest BCUT2D eigenvalue weighted by atomic mass is 9.86. The van der Waals surface area contributed by atoms with Gasteiger partial charge in [-0.1, -0.05) is 6.07 Å². The van der Waals surface area contributed by atoms with Crippen molar-refractivity contribution in [2.75, 3.05) is 41.7 Å². The molecule has 0 amide bonds. The van der Waals surface area contributed by atoms with Gasteiger partial charge in [0.25, 0.3) is 5.56 Å². The Morgan fingerprint density at radius 3 is 2.31 bits per heavy atom. The summed E-state index contributed by atoms with van der Waals surface area (Å²) in [5, 5.41) is 16.3. The molecule has 0 unspecified atom stereocenters. The van der Waals surface area contributed by atoms with Gasteiger partial charge >= 0.3 is 0 Å². The fraction of sp³-hybridized carbons (Fsp3) is 0.267. The molecule has 1 aliphatic heterocycles. The molecule has 42 heavy (non-hydrogen) atoms. The SMILES string of the molecule is C[C@@H](n1cnc2cc(N3CCN(c4ccc(N)cc4)CC3)ccc2c1=O)[C@](O)(Cn1cncn1)c1ccc(F)cc1F. The van der Waals surface area contributed by atoms with Crippen LogP contribution in [-0.4, -0.2) is 55.6 Å². The molecule has 0 bridgehead atoms. The predicted molar refractivity (Wildman–Crippen MR) is 156 cm³/mol. The van der Waals surface area contributed by atoms with Crippen LogP contribution in [-0.2, 0) is 12.1 Å². The van der Waals surface area contributed by atoms with Crippen LogP contribution in [0.25, 0.3) is 10.9 Å². The van der Waals surface area contributed by atoms with Gasteiger partial charge in [-0.15, -0.1) is 0 Å². The highest BCUT2D eigenvalue weighted by atomic mass is 19.1. The second kappa shape index (κ2) is 10.9. The average molecular weight is 573 g/mol. The van der Waals surface area contributed by atoms with Crippen molar-refractivity contribution in [2.45, 2.75) is 25.1 Å². The van der Waals surface area contributed by atoms with Crippen LogP contribution < -0.4 is 21.1 Å². The van der Waals surface area contributed by atoms with Crippen LogP contribution in [0.1, 0.15) is 18.5 Å². The number of nitrogens with two attached hydrogens (primary N) is 1. The molecule has 2 atom stereocenters. The number of aliphatic hydroxyl groups is 1. The molecular weight excluding hydrogens is 542 g/mol. The highest BCUT2D eigenvalue weighted by Gasteiger charge is 2.41. The summed E-state index contributed by atoms with van der Waals surface area (Å²) in [4.78, 5) is 26.7. The lowest BCUT2D eigenvalue weighted by Gasteiger charge is -2.37. The van der Waals surface area contributed by atoms with Crippen molar-refractivity contribution >= 4 is 28.0 Å². The van der Waals surface area contributed by atoms with E-state index in [0.29, 0.717) is 17.0 Å². The number of benzene rings is 3. The molecular formula is C30H30F2N8O2. The van der Waals surface area contributed by atoms with Crippen molar-refractivity contribution < 1.29 is 13.9 Å². The maximum absolute atomic E-state index is 15.0. The van der Waals surface area contributed by atoms with E-state index in [1.807, 2.05) is 36.4 Å². The molecule has 3 N–H and O–H groups in total. The van der Waals surface area contributed by atoms with Gasteiger partial charge in [0.1, 0.15) is 29.9 Å². The third kappa shape index (κ3) is 5.05. The Morgan fingerprint density at radius 1 is 0.952 bits per heavy atom. The normalized spacial score (nSPS) is 16.0. The second-order valence-corrected chi connectivity index (χ2v) is 10.5. The molecule has 1 saturated heterocycles. The molecule has 0 aliphatic carbocycles. The minimum absolute atomic E-state index is 0.174. The van der Waals surface area contributed by atoms with Crippen LogP contribution in [0.4, 0.5) is 25.8 Å². The fourth-order valence-corrected chi connectivity index (χ4v) is 5.58. The first-order chi connectivity index (χ1) is 20.2. The molecule has 10 nitrogen and oxygen atoms in total. The Bertz CT molecular complexity index is 1770. The molecule has 5 aromatic rings. The zero-order valence-corrected chi connectivity index (χ0v) is 22.9. The second-order valence-electron chi connectivity index (χ2n) is 10.5. The Balaban J connectivity index is 1.28. The summed E-state index contributed by atoms with van der Waals surface area (Å²) in [5.41, 5.74) is 6.58. The van der Waals surface area contributed by atoms with E-state index in [4.69, 9.17) is 5.73 Å². The maximum Gasteiger partial charge on any atom is 0.261 e. The van der Waals surface area contributed by atoms with Crippen molar-refractivity contribution in [1.29, 1.82) is 0 Å².